The molecule has 0 radical (unpaired) electrons. The number of aromatic nitrogens is 4. The Morgan fingerprint density at radius 2 is 1.02 bits per heavy atom. The van der Waals surface area contributed by atoms with E-state index in [1.165, 1.54) is 5.39 Å². The van der Waals surface area contributed by atoms with Gasteiger partial charge in [0.15, 0.2) is 0 Å². The van der Waals surface area contributed by atoms with Crippen molar-refractivity contribution in [2.45, 2.75) is 0 Å². The SMILES string of the molecule is c1ccc(-c2nc(-n3c4ccccc4c4cc5c6cc7oc8ccccc8c7cc6n(-c6ccccc6)c5cc43)nc3ccccc23)cc1. The molecule has 0 bridgehead atoms. The highest BCUT2D eigenvalue weighted by Gasteiger charge is 2.22. The molecule has 0 aliphatic rings. The molecule has 228 valence electrons. The van der Waals surface area contributed by atoms with Gasteiger partial charge in [0.25, 0.3) is 0 Å². The first-order chi connectivity index (χ1) is 24.3. The molecule has 5 nitrogen and oxygen atoms in total. The predicted octanol–water partition coefficient (Wildman–Crippen LogP) is 11.4. The molecule has 0 aliphatic carbocycles. The molecule has 0 spiro atoms. The smallest absolute Gasteiger partial charge is 0.235 e. The summed E-state index contributed by atoms with van der Waals surface area (Å²) in [5.74, 6) is 0.648. The molecule has 0 saturated heterocycles. The van der Waals surface area contributed by atoms with E-state index in [4.69, 9.17) is 14.4 Å². The Hall–Kier alpha value is -6.72. The number of hydrogen-bond acceptors (Lipinski definition) is 3. The highest BCUT2D eigenvalue weighted by Crippen LogP contribution is 2.42. The van der Waals surface area contributed by atoms with Crippen molar-refractivity contribution >= 4 is 76.5 Å². The standard InChI is InChI=1S/C44H26N4O/c1-3-13-27(14-4-1)43-31-19-7-10-20-36(31)45-44(46-43)48-37-21-11-8-17-29(37)32-23-33-34-25-42-35(30-18-9-12-22-41(30)49-42)24-38(34)47(39(33)26-40(32)48)28-15-5-2-6-16-28/h1-26H. The molecule has 49 heavy (non-hydrogen) atoms. The van der Waals surface area contributed by atoms with E-state index in [9.17, 15) is 0 Å². The molecule has 5 heteroatoms. The number of fused-ring (bicyclic) bond motifs is 10. The second-order valence-electron chi connectivity index (χ2n) is 12.6. The van der Waals surface area contributed by atoms with Crippen LogP contribution in [0.1, 0.15) is 0 Å². The number of para-hydroxylation sites is 4. The lowest BCUT2D eigenvalue weighted by atomic mass is 10.1. The van der Waals surface area contributed by atoms with Gasteiger partial charge in [0.1, 0.15) is 11.2 Å². The molecule has 11 aromatic rings. The normalized spacial score (nSPS) is 12.1. The van der Waals surface area contributed by atoms with E-state index in [0.717, 1.165) is 88.0 Å². The molecule has 11 rings (SSSR count). The number of furan rings is 1. The van der Waals surface area contributed by atoms with Crippen LogP contribution in [-0.4, -0.2) is 19.1 Å². The molecule has 0 amide bonds. The summed E-state index contributed by atoms with van der Waals surface area (Å²) < 4.78 is 11.0. The van der Waals surface area contributed by atoms with Gasteiger partial charge in [-0.15, -0.1) is 0 Å². The van der Waals surface area contributed by atoms with Crippen LogP contribution in [0.15, 0.2) is 162 Å². The van der Waals surface area contributed by atoms with Gasteiger partial charge in [0.2, 0.25) is 5.95 Å². The number of hydrogen-bond donors (Lipinski definition) is 0. The molecule has 0 fully saturated rings. The van der Waals surface area contributed by atoms with Crippen molar-refractivity contribution in [2.24, 2.45) is 0 Å². The fourth-order valence-corrected chi connectivity index (χ4v) is 7.75. The van der Waals surface area contributed by atoms with E-state index in [0.29, 0.717) is 5.95 Å². The molecule has 4 heterocycles. The Labute approximate surface area is 279 Å². The fraction of sp³-hybridized carbons (Fsp3) is 0. The second-order valence-corrected chi connectivity index (χ2v) is 12.6. The van der Waals surface area contributed by atoms with E-state index in [-0.39, 0.29) is 0 Å². The van der Waals surface area contributed by atoms with Crippen LogP contribution in [0.5, 0.6) is 0 Å². The van der Waals surface area contributed by atoms with E-state index >= 15 is 0 Å². The quantitative estimate of drug-likeness (QED) is 0.196. The number of nitrogens with zero attached hydrogens (tertiary/aromatic N) is 4. The van der Waals surface area contributed by atoms with Gasteiger partial charge in [-0.3, -0.25) is 4.57 Å². The Kier molecular flexibility index (Phi) is 5.32. The van der Waals surface area contributed by atoms with Gasteiger partial charge in [-0.2, -0.15) is 0 Å². The van der Waals surface area contributed by atoms with Crippen molar-refractivity contribution < 1.29 is 4.42 Å². The fourth-order valence-electron chi connectivity index (χ4n) is 7.75. The minimum Gasteiger partial charge on any atom is -0.456 e. The lowest BCUT2D eigenvalue weighted by molar-refractivity contribution is 0.669. The molecule has 0 atom stereocenters. The summed E-state index contributed by atoms with van der Waals surface area (Å²) >= 11 is 0. The van der Waals surface area contributed by atoms with Crippen molar-refractivity contribution in [3.8, 4) is 22.9 Å². The first kappa shape index (κ1) is 26.4. The van der Waals surface area contributed by atoms with Crippen LogP contribution in [0.2, 0.25) is 0 Å². The minimum atomic E-state index is 0.648. The van der Waals surface area contributed by atoms with Gasteiger partial charge in [-0.05, 0) is 54.6 Å². The van der Waals surface area contributed by atoms with Crippen LogP contribution >= 0.6 is 0 Å². The molecular formula is C44H26N4O. The average Bonchev–Trinajstić information content (AvgIpc) is 3.80. The highest BCUT2D eigenvalue weighted by atomic mass is 16.3. The van der Waals surface area contributed by atoms with E-state index in [1.807, 2.05) is 24.3 Å². The first-order valence-electron chi connectivity index (χ1n) is 16.5. The Morgan fingerprint density at radius 3 is 1.88 bits per heavy atom. The van der Waals surface area contributed by atoms with Gasteiger partial charge in [0.05, 0.1) is 33.3 Å². The third-order valence-corrected chi connectivity index (χ3v) is 9.91. The summed E-state index contributed by atoms with van der Waals surface area (Å²) in [6.07, 6.45) is 0. The van der Waals surface area contributed by atoms with Gasteiger partial charge >= 0.3 is 0 Å². The summed E-state index contributed by atoms with van der Waals surface area (Å²) in [4.78, 5) is 10.5. The molecular weight excluding hydrogens is 601 g/mol. The predicted molar refractivity (Wildman–Crippen MR) is 201 cm³/mol. The maximum Gasteiger partial charge on any atom is 0.235 e. The molecule has 0 aliphatic heterocycles. The summed E-state index contributed by atoms with van der Waals surface area (Å²) in [5.41, 5.74) is 10.1. The van der Waals surface area contributed by atoms with Gasteiger partial charge < -0.3 is 8.98 Å². The van der Waals surface area contributed by atoms with E-state index < -0.39 is 0 Å². The minimum absolute atomic E-state index is 0.648. The molecule has 7 aromatic carbocycles. The van der Waals surface area contributed by atoms with Gasteiger partial charge in [-0.25, -0.2) is 9.97 Å². The van der Waals surface area contributed by atoms with Crippen LogP contribution in [0.25, 0.3) is 99.3 Å². The lowest BCUT2D eigenvalue weighted by Gasteiger charge is -2.12. The maximum atomic E-state index is 6.40. The van der Waals surface area contributed by atoms with E-state index in [2.05, 4.69) is 143 Å². The van der Waals surface area contributed by atoms with Crippen LogP contribution in [-0.2, 0) is 0 Å². The zero-order chi connectivity index (χ0) is 32.1. The summed E-state index contributed by atoms with van der Waals surface area (Å²) in [6, 6.07) is 55.3. The topological polar surface area (TPSA) is 48.8 Å². The molecule has 4 aromatic heterocycles. The van der Waals surface area contributed by atoms with Gasteiger partial charge in [-0.1, -0.05) is 103 Å². The third-order valence-electron chi connectivity index (χ3n) is 9.91. The summed E-state index contributed by atoms with van der Waals surface area (Å²) in [7, 11) is 0. The van der Waals surface area contributed by atoms with Crippen molar-refractivity contribution in [2.75, 3.05) is 0 Å². The monoisotopic (exact) mass is 626 g/mol. The van der Waals surface area contributed by atoms with Crippen LogP contribution in [0, 0.1) is 0 Å². The first-order valence-corrected chi connectivity index (χ1v) is 16.5. The summed E-state index contributed by atoms with van der Waals surface area (Å²) in [5, 5.41) is 7.89. The zero-order valence-electron chi connectivity index (χ0n) is 26.2. The van der Waals surface area contributed by atoms with Crippen molar-refractivity contribution in [3.05, 3.63) is 158 Å². The Bertz CT molecular complexity index is 3100. The summed E-state index contributed by atoms with van der Waals surface area (Å²) in [6.45, 7) is 0. The largest absolute Gasteiger partial charge is 0.456 e. The molecule has 0 N–H and O–H groups in total. The van der Waals surface area contributed by atoms with E-state index in [1.54, 1.807) is 0 Å². The molecule has 0 unspecified atom stereocenters. The Morgan fingerprint density at radius 1 is 0.388 bits per heavy atom. The van der Waals surface area contributed by atoms with Crippen LogP contribution in [0.4, 0.5) is 0 Å². The number of rotatable bonds is 3. The van der Waals surface area contributed by atoms with Crippen molar-refractivity contribution in [1.82, 2.24) is 19.1 Å². The average molecular weight is 627 g/mol. The van der Waals surface area contributed by atoms with Crippen molar-refractivity contribution in [1.29, 1.82) is 0 Å². The van der Waals surface area contributed by atoms with Gasteiger partial charge in [0, 0.05) is 49.0 Å². The highest BCUT2D eigenvalue weighted by molar-refractivity contribution is 6.22. The van der Waals surface area contributed by atoms with Crippen molar-refractivity contribution in [3.63, 3.8) is 0 Å². The lowest BCUT2D eigenvalue weighted by Crippen LogP contribution is -2.03. The zero-order valence-corrected chi connectivity index (χ0v) is 26.2. The third kappa shape index (κ3) is 3.75. The van der Waals surface area contributed by atoms with Crippen LogP contribution in [0.3, 0.4) is 0 Å². The van der Waals surface area contributed by atoms with Crippen LogP contribution < -0.4 is 0 Å². The maximum absolute atomic E-state index is 6.40. The Balaban J connectivity index is 1.29. The molecule has 0 saturated carbocycles. The number of benzene rings is 7. The second kappa shape index (κ2) is 9.89.